The molecule has 0 aromatic heterocycles. The molecule has 0 bridgehead atoms. The molecule has 0 spiro atoms. The fraction of sp³-hybridized carbons (Fsp3) is 0.786. The Bertz CT molecular complexity index is 221. The van der Waals surface area contributed by atoms with E-state index in [1.54, 1.807) is 11.8 Å². The van der Waals surface area contributed by atoms with Gasteiger partial charge in [0.25, 0.3) is 0 Å². The minimum Gasteiger partial charge on any atom is -0.481 e. The van der Waals surface area contributed by atoms with Crippen molar-refractivity contribution in [3.63, 3.8) is 0 Å². The first kappa shape index (κ1) is 16.4. The third kappa shape index (κ3) is 15.4. The summed E-state index contributed by atoms with van der Waals surface area (Å²) in [5.74, 6) is 3.82. The van der Waals surface area contributed by atoms with Crippen molar-refractivity contribution in [3.05, 3.63) is 0 Å². The van der Waals surface area contributed by atoms with Crippen molar-refractivity contribution in [2.75, 3.05) is 11.5 Å². The van der Waals surface area contributed by atoms with Crippen molar-refractivity contribution in [1.29, 1.82) is 0 Å². The fourth-order valence-electron chi connectivity index (χ4n) is 1.58. The smallest absolute Gasteiger partial charge is 0.304 e. The van der Waals surface area contributed by atoms with Gasteiger partial charge in [0.1, 0.15) is 0 Å². The van der Waals surface area contributed by atoms with Gasteiger partial charge in [-0.05, 0) is 18.6 Å². The Morgan fingerprint density at radius 3 is 2.18 bits per heavy atom. The lowest BCUT2D eigenvalue weighted by Crippen LogP contribution is -1.96. The molecule has 0 rings (SSSR count). The predicted octanol–water partition coefficient (Wildman–Crippen LogP) is 3.95. The summed E-state index contributed by atoms with van der Waals surface area (Å²) in [5.41, 5.74) is 0. The van der Waals surface area contributed by atoms with E-state index in [9.17, 15) is 4.79 Å². The number of rotatable bonds is 12. The highest BCUT2D eigenvalue weighted by molar-refractivity contribution is 7.99. The van der Waals surface area contributed by atoms with Gasteiger partial charge in [-0.25, -0.2) is 0 Å². The van der Waals surface area contributed by atoms with E-state index < -0.39 is 5.97 Å². The molecule has 3 heteroatoms. The standard InChI is InChI=1S/C14H24O2S/c1-2-3-4-5-6-7-8-9-10-12-17-13-11-14(15)16/h1H,3-13H2,(H,15,16). The van der Waals surface area contributed by atoms with Gasteiger partial charge in [-0.15, -0.1) is 12.3 Å². The van der Waals surface area contributed by atoms with Crippen molar-refractivity contribution < 1.29 is 9.90 Å². The van der Waals surface area contributed by atoms with Gasteiger partial charge in [0, 0.05) is 12.2 Å². The number of unbranched alkanes of at least 4 members (excludes halogenated alkanes) is 7. The van der Waals surface area contributed by atoms with E-state index in [1.165, 1.54) is 44.9 Å². The molecule has 0 aromatic carbocycles. The van der Waals surface area contributed by atoms with Gasteiger partial charge < -0.3 is 5.11 Å². The Hall–Kier alpha value is -0.620. The van der Waals surface area contributed by atoms with Crippen LogP contribution in [0.5, 0.6) is 0 Å². The average Bonchev–Trinajstić information content (AvgIpc) is 2.30. The largest absolute Gasteiger partial charge is 0.481 e. The lowest BCUT2D eigenvalue weighted by molar-refractivity contribution is -0.136. The molecule has 0 amide bonds. The molecule has 0 unspecified atom stereocenters. The average molecular weight is 256 g/mol. The van der Waals surface area contributed by atoms with Gasteiger partial charge in [-0.3, -0.25) is 4.79 Å². The predicted molar refractivity (Wildman–Crippen MR) is 75.3 cm³/mol. The molecule has 0 fully saturated rings. The van der Waals surface area contributed by atoms with Crippen molar-refractivity contribution in [2.24, 2.45) is 0 Å². The van der Waals surface area contributed by atoms with Crippen LogP contribution in [0.15, 0.2) is 0 Å². The fourth-order valence-corrected chi connectivity index (χ4v) is 2.51. The van der Waals surface area contributed by atoms with Gasteiger partial charge in [0.05, 0.1) is 6.42 Å². The van der Waals surface area contributed by atoms with Crippen LogP contribution in [0.2, 0.25) is 0 Å². The molecule has 0 aliphatic heterocycles. The number of terminal acetylenes is 1. The van der Waals surface area contributed by atoms with Crippen LogP contribution in [-0.2, 0) is 4.79 Å². The molecular weight excluding hydrogens is 232 g/mol. The molecule has 0 saturated carbocycles. The minimum absolute atomic E-state index is 0.292. The third-order valence-electron chi connectivity index (χ3n) is 2.57. The summed E-state index contributed by atoms with van der Waals surface area (Å²) in [6.07, 6.45) is 15.2. The molecule has 1 N–H and O–H groups in total. The summed E-state index contributed by atoms with van der Waals surface area (Å²) in [6, 6.07) is 0. The monoisotopic (exact) mass is 256 g/mol. The second kappa shape index (κ2) is 13.4. The second-order valence-electron chi connectivity index (χ2n) is 4.19. The highest BCUT2D eigenvalue weighted by Gasteiger charge is 1.96. The molecule has 2 nitrogen and oxygen atoms in total. The lowest BCUT2D eigenvalue weighted by Gasteiger charge is -2.01. The van der Waals surface area contributed by atoms with Crippen LogP contribution in [0.1, 0.15) is 57.8 Å². The van der Waals surface area contributed by atoms with Gasteiger partial charge in [-0.2, -0.15) is 11.8 Å². The number of hydrogen-bond donors (Lipinski definition) is 1. The topological polar surface area (TPSA) is 37.3 Å². The van der Waals surface area contributed by atoms with Gasteiger partial charge >= 0.3 is 5.97 Å². The van der Waals surface area contributed by atoms with E-state index in [-0.39, 0.29) is 0 Å². The van der Waals surface area contributed by atoms with Crippen molar-refractivity contribution >= 4 is 17.7 Å². The lowest BCUT2D eigenvalue weighted by atomic mass is 10.1. The Morgan fingerprint density at radius 2 is 1.59 bits per heavy atom. The number of thioether (sulfide) groups is 1. The highest BCUT2D eigenvalue weighted by Crippen LogP contribution is 2.11. The Labute approximate surface area is 110 Å². The van der Waals surface area contributed by atoms with E-state index in [1.807, 2.05) is 0 Å². The molecule has 0 atom stereocenters. The third-order valence-corrected chi connectivity index (χ3v) is 3.64. The van der Waals surface area contributed by atoms with Crippen molar-refractivity contribution in [2.45, 2.75) is 57.8 Å². The maximum Gasteiger partial charge on any atom is 0.304 e. The van der Waals surface area contributed by atoms with Crippen molar-refractivity contribution in [3.8, 4) is 12.3 Å². The van der Waals surface area contributed by atoms with Crippen LogP contribution in [0.3, 0.4) is 0 Å². The van der Waals surface area contributed by atoms with Crippen LogP contribution in [0.4, 0.5) is 0 Å². The zero-order valence-corrected chi connectivity index (χ0v) is 11.4. The molecule has 0 heterocycles. The van der Waals surface area contributed by atoms with E-state index in [0.29, 0.717) is 6.42 Å². The summed E-state index contributed by atoms with van der Waals surface area (Å²) in [7, 11) is 0. The molecule has 0 aliphatic rings. The Balaban J connectivity index is 2.94. The number of hydrogen-bond acceptors (Lipinski definition) is 2. The van der Waals surface area contributed by atoms with Crippen LogP contribution in [0.25, 0.3) is 0 Å². The molecule has 0 radical (unpaired) electrons. The summed E-state index contributed by atoms with van der Waals surface area (Å²) < 4.78 is 0. The molecular formula is C14H24O2S. The van der Waals surface area contributed by atoms with Gasteiger partial charge in [0.2, 0.25) is 0 Å². The van der Waals surface area contributed by atoms with Gasteiger partial charge in [0.15, 0.2) is 0 Å². The Kier molecular flexibility index (Phi) is 13.0. The van der Waals surface area contributed by atoms with E-state index >= 15 is 0 Å². The van der Waals surface area contributed by atoms with Gasteiger partial charge in [-0.1, -0.05) is 32.1 Å². The quantitative estimate of drug-likeness (QED) is 0.424. The van der Waals surface area contributed by atoms with Crippen LogP contribution >= 0.6 is 11.8 Å². The second-order valence-corrected chi connectivity index (χ2v) is 5.41. The van der Waals surface area contributed by atoms with Crippen LogP contribution in [0, 0.1) is 12.3 Å². The SMILES string of the molecule is C#CCCCCCCCCCSCCC(=O)O. The van der Waals surface area contributed by atoms with E-state index in [0.717, 1.165) is 17.9 Å². The number of aliphatic carboxylic acids is 1. The highest BCUT2D eigenvalue weighted by atomic mass is 32.2. The number of carboxylic acids is 1. The molecule has 0 aliphatic carbocycles. The van der Waals surface area contributed by atoms with E-state index in [2.05, 4.69) is 5.92 Å². The zero-order valence-electron chi connectivity index (χ0n) is 10.6. The summed E-state index contributed by atoms with van der Waals surface area (Å²) in [4.78, 5) is 10.3. The molecule has 17 heavy (non-hydrogen) atoms. The first-order valence-corrected chi connectivity index (χ1v) is 7.66. The Morgan fingerprint density at radius 1 is 1.00 bits per heavy atom. The number of carboxylic acid groups (broad SMARTS) is 1. The first-order chi connectivity index (χ1) is 8.27. The number of carbonyl (C=O) groups is 1. The zero-order chi connectivity index (χ0) is 12.8. The molecule has 0 saturated heterocycles. The summed E-state index contributed by atoms with van der Waals surface area (Å²) in [5, 5.41) is 8.45. The first-order valence-electron chi connectivity index (χ1n) is 6.50. The maximum absolute atomic E-state index is 10.3. The molecule has 0 aromatic rings. The van der Waals surface area contributed by atoms with Crippen molar-refractivity contribution in [1.82, 2.24) is 0 Å². The van der Waals surface area contributed by atoms with E-state index in [4.69, 9.17) is 11.5 Å². The maximum atomic E-state index is 10.3. The summed E-state index contributed by atoms with van der Waals surface area (Å²) in [6.45, 7) is 0. The summed E-state index contributed by atoms with van der Waals surface area (Å²) >= 11 is 1.75. The van der Waals surface area contributed by atoms with Crippen LogP contribution in [-0.4, -0.2) is 22.6 Å². The minimum atomic E-state index is -0.690. The van der Waals surface area contributed by atoms with Crippen LogP contribution < -0.4 is 0 Å². The molecule has 98 valence electrons. The normalized spacial score (nSPS) is 10.1.